The smallest absolute Gasteiger partial charge is 0.146 e. The van der Waals surface area contributed by atoms with Gasteiger partial charge in [-0.3, -0.25) is 0 Å². The van der Waals surface area contributed by atoms with E-state index in [-0.39, 0.29) is 22.3 Å². The summed E-state index contributed by atoms with van der Waals surface area (Å²) < 4.78 is 0. The first-order chi connectivity index (χ1) is 23.6. The molecule has 0 saturated heterocycles. The van der Waals surface area contributed by atoms with Crippen molar-refractivity contribution in [3.8, 4) is 22.9 Å². The van der Waals surface area contributed by atoms with Gasteiger partial charge in [-0.15, -0.1) is 30.0 Å². The van der Waals surface area contributed by atoms with E-state index in [0.717, 1.165) is 43.7 Å². The largest absolute Gasteiger partial charge is 0.505 e. The standard InChI is InChI=1S/C23H23N3OS.C17H18ClN3O/c1-15-12-18(23(2,3)4)22(27)21(13-15)26-24-19-11-10-17(14-20(19)25-26)28-16-8-6-5-7-9-16;1-10-7-12(17(2,3)4)16(22)15(8-10)21-19-13-6-5-11(18)9-14(13)20-21/h5-14,27H,1-4H3;5-9,22H,1-4H3. The molecular formula is C40H41ClN6O2S. The molecule has 10 heteroatoms. The van der Waals surface area contributed by atoms with Gasteiger partial charge in [0.1, 0.15) is 44.9 Å². The Morgan fingerprint density at radius 2 is 1.00 bits per heavy atom. The zero-order chi connectivity index (χ0) is 36.0. The van der Waals surface area contributed by atoms with Crippen molar-refractivity contribution < 1.29 is 10.2 Å². The van der Waals surface area contributed by atoms with Crippen LogP contribution in [0.1, 0.15) is 63.8 Å². The van der Waals surface area contributed by atoms with Gasteiger partial charge in [0.05, 0.1) is 0 Å². The lowest BCUT2D eigenvalue weighted by atomic mass is 9.85. The van der Waals surface area contributed by atoms with Crippen LogP contribution in [0.2, 0.25) is 5.02 Å². The van der Waals surface area contributed by atoms with Crippen LogP contribution in [-0.2, 0) is 10.8 Å². The SMILES string of the molecule is Cc1cc(-n2nc3ccc(Cl)cc3n2)c(O)c(C(C)(C)C)c1.Cc1cc(-n2nc3ccc(Sc4ccccc4)cc3n2)c(O)c(C(C)(C)C)c1. The average molecular weight is 705 g/mol. The van der Waals surface area contributed by atoms with E-state index in [0.29, 0.717) is 21.9 Å². The van der Waals surface area contributed by atoms with Gasteiger partial charge in [0, 0.05) is 25.9 Å². The van der Waals surface area contributed by atoms with Crippen LogP contribution >= 0.6 is 23.4 Å². The third-order valence-electron chi connectivity index (χ3n) is 8.19. The molecule has 5 aromatic carbocycles. The van der Waals surface area contributed by atoms with Crippen molar-refractivity contribution in [1.82, 2.24) is 30.0 Å². The number of nitrogens with zero attached hydrogens (tertiary/aromatic N) is 6. The number of benzene rings is 5. The second-order valence-corrected chi connectivity index (χ2v) is 16.1. The van der Waals surface area contributed by atoms with E-state index in [1.54, 1.807) is 28.7 Å². The molecule has 7 aromatic rings. The number of fused-ring (bicyclic) bond motifs is 2. The van der Waals surface area contributed by atoms with Gasteiger partial charge in [-0.25, -0.2) is 0 Å². The number of hydrogen-bond donors (Lipinski definition) is 2. The van der Waals surface area contributed by atoms with E-state index >= 15 is 0 Å². The van der Waals surface area contributed by atoms with E-state index in [9.17, 15) is 10.2 Å². The molecule has 0 aliphatic rings. The zero-order valence-corrected chi connectivity index (χ0v) is 31.1. The van der Waals surface area contributed by atoms with Gasteiger partial charge in [0.2, 0.25) is 0 Å². The van der Waals surface area contributed by atoms with Crippen LogP contribution in [0.4, 0.5) is 0 Å². The van der Waals surface area contributed by atoms with Crippen LogP contribution in [-0.4, -0.2) is 40.2 Å². The molecule has 50 heavy (non-hydrogen) atoms. The van der Waals surface area contributed by atoms with Gasteiger partial charge in [-0.1, -0.05) is 95.2 Å². The Hall–Kier alpha value is -4.86. The lowest BCUT2D eigenvalue weighted by molar-refractivity contribution is 0.439. The Kier molecular flexibility index (Phi) is 9.41. The van der Waals surface area contributed by atoms with Gasteiger partial charge in [-0.05, 0) is 96.5 Å². The normalized spacial score (nSPS) is 11.9. The predicted molar refractivity (Wildman–Crippen MR) is 204 cm³/mol. The molecule has 256 valence electrons. The fraction of sp³-hybridized carbons (Fsp3) is 0.250. The molecule has 0 amide bonds. The molecule has 2 heterocycles. The number of phenolic OH excluding ortho intramolecular Hbond substituents is 2. The highest BCUT2D eigenvalue weighted by Crippen LogP contribution is 2.38. The van der Waals surface area contributed by atoms with E-state index < -0.39 is 0 Å². The Morgan fingerprint density at radius 1 is 0.540 bits per heavy atom. The summed E-state index contributed by atoms with van der Waals surface area (Å²) in [5.41, 5.74) is 7.79. The number of phenols is 2. The van der Waals surface area contributed by atoms with Crippen LogP contribution < -0.4 is 0 Å². The highest BCUT2D eigenvalue weighted by Gasteiger charge is 2.24. The molecular weight excluding hydrogens is 664 g/mol. The summed E-state index contributed by atoms with van der Waals surface area (Å²) >= 11 is 7.68. The van der Waals surface area contributed by atoms with Crippen molar-refractivity contribution in [2.75, 3.05) is 0 Å². The van der Waals surface area contributed by atoms with Gasteiger partial charge >= 0.3 is 0 Å². The van der Waals surface area contributed by atoms with E-state index in [1.165, 1.54) is 9.69 Å². The first-order valence-electron chi connectivity index (χ1n) is 16.4. The summed E-state index contributed by atoms with van der Waals surface area (Å²) in [5.74, 6) is 0.446. The van der Waals surface area contributed by atoms with Gasteiger partial charge in [-0.2, -0.15) is 0 Å². The lowest BCUT2D eigenvalue weighted by Crippen LogP contribution is -2.13. The average Bonchev–Trinajstić information content (AvgIpc) is 3.66. The van der Waals surface area contributed by atoms with Crippen LogP contribution in [0.3, 0.4) is 0 Å². The first kappa shape index (κ1) is 35.0. The minimum absolute atomic E-state index is 0.166. The molecule has 0 unspecified atom stereocenters. The summed E-state index contributed by atoms with van der Waals surface area (Å²) in [7, 11) is 0. The van der Waals surface area contributed by atoms with Gasteiger partial charge in [0.25, 0.3) is 0 Å². The maximum Gasteiger partial charge on any atom is 0.146 e. The van der Waals surface area contributed by atoms with E-state index in [1.807, 2.05) is 74.5 Å². The molecule has 0 spiro atoms. The molecule has 0 atom stereocenters. The Balaban J connectivity index is 0.000000178. The number of rotatable bonds is 4. The summed E-state index contributed by atoms with van der Waals surface area (Å²) in [5, 5.41) is 40.2. The van der Waals surface area contributed by atoms with Crippen LogP contribution in [0.15, 0.2) is 101 Å². The third-order valence-corrected chi connectivity index (χ3v) is 9.42. The maximum absolute atomic E-state index is 10.9. The quantitative estimate of drug-likeness (QED) is 0.188. The molecule has 7 rings (SSSR count). The van der Waals surface area contributed by atoms with Crippen molar-refractivity contribution in [1.29, 1.82) is 0 Å². The van der Waals surface area contributed by atoms with Gasteiger partial charge in [0.15, 0.2) is 0 Å². The van der Waals surface area contributed by atoms with Crippen LogP contribution in [0.25, 0.3) is 33.4 Å². The molecule has 0 saturated carbocycles. The zero-order valence-electron chi connectivity index (χ0n) is 29.5. The second-order valence-electron chi connectivity index (χ2n) is 14.5. The molecule has 8 nitrogen and oxygen atoms in total. The number of aryl methyl sites for hydroxylation is 2. The first-order valence-corrected chi connectivity index (χ1v) is 17.6. The molecule has 0 aliphatic carbocycles. The van der Waals surface area contributed by atoms with Crippen molar-refractivity contribution in [3.63, 3.8) is 0 Å². The van der Waals surface area contributed by atoms with Crippen molar-refractivity contribution in [2.45, 2.75) is 76.0 Å². The second kappa shape index (κ2) is 13.5. The highest BCUT2D eigenvalue weighted by molar-refractivity contribution is 7.99. The van der Waals surface area contributed by atoms with Crippen LogP contribution in [0, 0.1) is 13.8 Å². The molecule has 0 bridgehead atoms. The fourth-order valence-electron chi connectivity index (χ4n) is 5.65. The highest BCUT2D eigenvalue weighted by atomic mass is 35.5. The predicted octanol–water partition coefficient (Wildman–Crippen LogP) is 10.3. The maximum atomic E-state index is 10.9. The number of aromatic hydroxyl groups is 2. The molecule has 2 N–H and O–H groups in total. The summed E-state index contributed by atoms with van der Waals surface area (Å²) in [6.45, 7) is 16.5. The summed E-state index contributed by atoms with van der Waals surface area (Å²) in [6, 6.07) is 29.5. The minimum Gasteiger partial charge on any atom is -0.505 e. The molecule has 0 aliphatic heterocycles. The summed E-state index contributed by atoms with van der Waals surface area (Å²) in [6.07, 6.45) is 0. The van der Waals surface area contributed by atoms with Crippen LogP contribution in [0.5, 0.6) is 11.5 Å². The molecule has 0 fully saturated rings. The van der Waals surface area contributed by atoms with Crippen molar-refractivity contribution in [2.24, 2.45) is 0 Å². The number of halogens is 1. The Morgan fingerprint density at radius 3 is 1.50 bits per heavy atom. The Labute approximate surface area is 301 Å². The van der Waals surface area contributed by atoms with Crippen molar-refractivity contribution in [3.05, 3.63) is 118 Å². The van der Waals surface area contributed by atoms with E-state index in [4.69, 9.17) is 11.6 Å². The van der Waals surface area contributed by atoms with Gasteiger partial charge < -0.3 is 10.2 Å². The monoisotopic (exact) mass is 704 g/mol. The van der Waals surface area contributed by atoms with E-state index in [2.05, 4.69) is 80.1 Å². The molecule has 0 radical (unpaired) electrons. The molecule has 2 aromatic heterocycles. The minimum atomic E-state index is -0.170. The number of aromatic nitrogens is 6. The van der Waals surface area contributed by atoms with Crippen molar-refractivity contribution >= 4 is 45.4 Å². The third kappa shape index (κ3) is 7.49. The Bertz CT molecular complexity index is 2340. The fourth-order valence-corrected chi connectivity index (χ4v) is 6.69. The topological polar surface area (TPSA) is 102 Å². The lowest BCUT2D eigenvalue weighted by Gasteiger charge is -2.22. The summed E-state index contributed by atoms with van der Waals surface area (Å²) in [4.78, 5) is 5.30. The number of hydrogen-bond acceptors (Lipinski definition) is 7.